The molecule has 0 heteroatoms. The first-order valence-electron chi connectivity index (χ1n) is 4.38. The van der Waals surface area contributed by atoms with Gasteiger partial charge in [0.2, 0.25) is 0 Å². The fourth-order valence-electron chi connectivity index (χ4n) is 1.31. The van der Waals surface area contributed by atoms with E-state index >= 15 is 0 Å². The van der Waals surface area contributed by atoms with Gasteiger partial charge in [-0.15, -0.1) is 6.58 Å². The van der Waals surface area contributed by atoms with Crippen LogP contribution < -0.4 is 0 Å². The monoisotopic (exact) mass is 172 g/mol. The van der Waals surface area contributed by atoms with Crippen molar-refractivity contribution in [3.8, 4) is 0 Å². The molecule has 0 N–H and O–H groups in total. The van der Waals surface area contributed by atoms with E-state index in [-0.39, 0.29) is 14.9 Å². The quantitative estimate of drug-likeness (QED) is 0.448. The Balaban J connectivity index is -0.000000146. The van der Waals surface area contributed by atoms with Gasteiger partial charge in [-0.1, -0.05) is 60.0 Å². The van der Waals surface area contributed by atoms with E-state index in [2.05, 4.69) is 13.5 Å². The molecule has 0 aromatic heterocycles. The van der Waals surface area contributed by atoms with Gasteiger partial charge in [0.15, 0.2) is 0 Å². The Morgan fingerprint density at radius 3 is 1.58 bits per heavy atom. The lowest BCUT2D eigenvalue weighted by Gasteiger charge is -2.15. The van der Waals surface area contributed by atoms with Crippen molar-refractivity contribution in [2.24, 2.45) is 5.92 Å². The summed E-state index contributed by atoms with van der Waals surface area (Å²) in [6.45, 7) is 7.61. The van der Waals surface area contributed by atoms with E-state index in [1.54, 1.807) is 6.08 Å². The summed E-state index contributed by atoms with van der Waals surface area (Å²) in [7, 11) is 0. The summed E-state index contributed by atoms with van der Waals surface area (Å²) in [5.74, 6) is 1.04. The van der Waals surface area contributed by atoms with Gasteiger partial charge in [-0.25, -0.2) is 0 Å². The van der Waals surface area contributed by atoms with Crippen LogP contribution in [0.15, 0.2) is 12.7 Å². The standard InChI is InChI=1S/C7H14.C3H6.2CH4/c1-7-5-3-2-4-6-7;1-3-2;;/h7H,2-6H2,1H3;3H,1H2,2H3;2*1H4. The minimum atomic E-state index is 0. The highest BCUT2D eigenvalue weighted by Crippen LogP contribution is 2.21. The van der Waals surface area contributed by atoms with Crippen molar-refractivity contribution in [2.75, 3.05) is 0 Å². The molecule has 1 aliphatic rings. The molecule has 1 fully saturated rings. The molecule has 0 saturated heterocycles. The smallest absolute Gasteiger partial charge is 0.0443 e. The van der Waals surface area contributed by atoms with Crippen LogP contribution in [0.5, 0.6) is 0 Å². The summed E-state index contributed by atoms with van der Waals surface area (Å²) in [5, 5.41) is 0. The number of rotatable bonds is 0. The molecule has 0 unspecified atom stereocenters. The highest BCUT2D eigenvalue weighted by atomic mass is 14.1. The Kier molecular flexibility index (Phi) is 19.7. The Bertz CT molecular complexity index is 68.1. The van der Waals surface area contributed by atoms with Crippen molar-refractivity contribution in [3.05, 3.63) is 12.7 Å². The summed E-state index contributed by atoms with van der Waals surface area (Å²) in [5.41, 5.74) is 0. The van der Waals surface area contributed by atoms with Gasteiger partial charge >= 0.3 is 0 Å². The van der Waals surface area contributed by atoms with Crippen LogP contribution in [-0.4, -0.2) is 0 Å². The molecule has 1 aliphatic carbocycles. The van der Waals surface area contributed by atoms with Crippen molar-refractivity contribution in [2.45, 2.75) is 60.8 Å². The molecule has 0 bridgehead atoms. The third-order valence-corrected chi connectivity index (χ3v) is 1.89. The molecule has 0 heterocycles. The predicted molar refractivity (Wildman–Crippen MR) is 61.6 cm³/mol. The molecule has 12 heavy (non-hydrogen) atoms. The Morgan fingerprint density at radius 1 is 1.08 bits per heavy atom. The summed E-state index contributed by atoms with van der Waals surface area (Å²) < 4.78 is 0. The van der Waals surface area contributed by atoms with E-state index in [9.17, 15) is 0 Å². The SMILES string of the molecule is C.C.C=CC.CC1CCCCC1. The van der Waals surface area contributed by atoms with E-state index in [0.717, 1.165) is 5.92 Å². The van der Waals surface area contributed by atoms with Gasteiger partial charge < -0.3 is 0 Å². The summed E-state index contributed by atoms with van der Waals surface area (Å²) in [6.07, 6.45) is 9.19. The fraction of sp³-hybridized carbons (Fsp3) is 0.833. The number of hydrogen-bond acceptors (Lipinski definition) is 0. The predicted octanol–water partition coefficient (Wildman–Crippen LogP) is 5.05. The Morgan fingerprint density at radius 2 is 1.42 bits per heavy atom. The molecule has 0 radical (unpaired) electrons. The van der Waals surface area contributed by atoms with Crippen molar-refractivity contribution < 1.29 is 0 Å². The second kappa shape index (κ2) is 13.3. The molecule has 76 valence electrons. The van der Waals surface area contributed by atoms with Gasteiger partial charge in [0, 0.05) is 0 Å². The lowest BCUT2D eigenvalue weighted by molar-refractivity contribution is 0.385. The highest BCUT2D eigenvalue weighted by molar-refractivity contribution is 4.59. The normalized spacial score (nSPS) is 15.8. The molecule has 0 atom stereocenters. The minimum Gasteiger partial charge on any atom is -0.103 e. The Hall–Kier alpha value is -0.260. The van der Waals surface area contributed by atoms with Gasteiger partial charge in [-0.05, 0) is 12.8 Å². The first-order valence-corrected chi connectivity index (χ1v) is 4.38. The lowest BCUT2D eigenvalue weighted by atomic mass is 9.91. The molecule has 0 amide bonds. The molecule has 1 rings (SSSR count). The zero-order valence-corrected chi connectivity index (χ0v) is 7.40. The molecular weight excluding hydrogens is 144 g/mol. The van der Waals surface area contributed by atoms with Gasteiger partial charge in [0.05, 0.1) is 0 Å². The van der Waals surface area contributed by atoms with E-state index in [1.807, 2.05) is 6.92 Å². The van der Waals surface area contributed by atoms with Crippen LogP contribution in [0.4, 0.5) is 0 Å². The third-order valence-electron chi connectivity index (χ3n) is 1.89. The molecule has 0 spiro atoms. The zero-order valence-electron chi connectivity index (χ0n) is 7.40. The molecule has 0 aliphatic heterocycles. The molecule has 0 nitrogen and oxygen atoms in total. The van der Waals surface area contributed by atoms with Crippen LogP contribution in [0.25, 0.3) is 0 Å². The van der Waals surface area contributed by atoms with E-state index in [4.69, 9.17) is 0 Å². The van der Waals surface area contributed by atoms with Gasteiger partial charge in [-0.3, -0.25) is 0 Å². The van der Waals surface area contributed by atoms with Crippen LogP contribution in [-0.2, 0) is 0 Å². The van der Waals surface area contributed by atoms with Crippen LogP contribution in [0.1, 0.15) is 60.8 Å². The average Bonchev–Trinajstić information content (AvgIpc) is 1.91. The highest BCUT2D eigenvalue weighted by Gasteiger charge is 2.05. The average molecular weight is 172 g/mol. The van der Waals surface area contributed by atoms with Crippen molar-refractivity contribution >= 4 is 0 Å². The van der Waals surface area contributed by atoms with Crippen LogP contribution in [0, 0.1) is 5.92 Å². The van der Waals surface area contributed by atoms with E-state index in [0.29, 0.717) is 0 Å². The molecule has 0 aromatic rings. The zero-order chi connectivity index (χ0) is 7.82. The van der Waals surface area contributed by atoms with Crippen LogP contribution in [0.3, 0.4) is 0 Å². The second-order valence-electron chi connectivity index (χ2n) is 3.15. The largest absolute Gasteiger partial charge is 0.103 e. The van der Waals surface area contributed by atoms with Crippen molar-refractivity contribution in [3.63, 3.8) is 0 Å². The number of hydrogen-bond donors (Lipinski definition) is 0. The topological polar surface area (TPSA) is 0 Å². The van der Waals surface area contributed by atoms with Gasteiger partial charge in [0.1, 0.15) is 0 Å². The summed E-state index contributed by atoms with van der Waals surface area (Å²) >= 11 is 0. The van der Waals surface area contributed by atoms with E-state index in [1.165, 1.54) is 32.1 Å². The maximum Gasteiger partial charge on any atom is -0.0443 e. The maximum atomic E-state index is 3.36. The summed E-state index contributed by atoms with van der Waals surface area (Å²) in [6, 6.07) is 0. The molecular formula is C12H28. The first-order chi connectivity index (χ1) is 4.81. The maximum absolute atomic E-state index is 3.36. The van der Waals surface area contributed by atoms with Crippen molar-refractivity contribution in [1.82, 2.24) is 0 Å². The van der Waals surface area contributed by atoms with Crippen LogP contribution in [0.2, 0.25) is 0 Å². The summed E-state index contributed by atoms with van der Waals surface area (Å²) in [4.78, 5) is 0. The third kappa shape index (κ3) is 12.4. The van der Waals surface area contributed by atoms with Crippen molar-refractivity contribution in [1.29, 1.82) is 0 Å². The van der Waals surface area contributed by atoms with Crippen LogP contribution >= 0.6 is 0 Å². The first kappa shape index (κ1) is 17.7. The fourth-order valence-corrected chi connectivity index (χ4v) is 1.31. The lowest BCUT2D eigenvalue weighted by Crippen LogP contribution is -1.99. The molecule has 0 aromatic carbocycles. The number of allylic oxidation sites excluding steroid dienone is 1. The van der Waals surface area contributed by atoms with Gasteiger partial charge in [-0.2, -0.15) is 0 Å². The Labute approximate surface area is 80.1 Å². The van der Waals surface area contributed by atoms with E-state index < -0.39 is 0 Å². The minimum absolute atomic E-state index is 0. The second-order valence-corrected chi connectivity index (χ2v) is 3.15. The van der Waals surface area contributed by atoms with Gasteiger partial charge in [0.25, 0.3) is 0 Å². The molecule has 1 saturated carbocycles.